The zero-order chi connectivity index (χ0) is 15.3. The Bertz CT molecular complexity index is 451. The first-order valence-electron chi connectivity index (χ1n) is 7.28. The molecule has 0 aliphatic carbocycles. The van der Waals surface area contributed by atoms with E-state index in [1.165, 1.54) is 11.3 Å². The third kappa shape index (κ3) is 4.56. The molecule has 0 aromatic carbocycles. The summed E-state index contributed by atoms with van der Waals surface area (Å²) in [5.41, 5.74) is -0.0330. The lowest BCUT2D eigenvalue weighted by Crippen LogP contribution is -2.42. The molecule has 0 saturated carbocycles. The van der Waals surface area contributed by atoms with Gasteiger partial charge < -0.3 is 10.4 Å². The van der Waals surface area contributed by atoms with Crippen molar-refractivity contribution in [2.24, 2.45) is 5.92 Å². The number of nitrogens with one attached hydrogen (secondary N) is 1. The summed E-state index contributed by atoms with van der Waals surface area (Å²) >= 11 is 1.46. The molecule has 1 aromatic rings. The van der Waals surface area contributed by atoms with Crippen LogP contribution in [0.5, 0.6) is 0 Å². The minimum absolute atomic E-state index is 0.129. The molecule has 0 spiro atoms. The number of rotatable bonds is 7. The first kappa shape index (κ1) is 17.1. The summed E-state index contributed by atoms with van der Waals surface area (Å²) in [6.45, 7) is 10.3. The summed E-state index contributed by atoms with van der Waals surface area (Å²) in [4.78, 5) is 17.3. The van der Waals surface area contributed by atoms with Crippen LogP contribution in [0.2, 0.25) is 0 Å². The van der Waals surface area contributed by atoms with E-state index in [0.717, 1.165) is 17.1 Å². The number of hydrogen-bond acceptors (Lipinski definition) is 4. The van der Waals surface area contributed by atoms with Crippen LogP contribution in [0.3, 0.4) is 0 Å². The van der Waals surface area contributed by atoms with Gasteiger partial charge in [0.25, 0.3) is 5.91 Å². The molecule has 0 unspecified atom stereocenters. The highest BCUT2D eigenvalue weighted by Crippen LogP contribution is 2.21. The van der Waals surface area contributed by atoms with Gasteiger partial charge in [-0.1, -0.05) is 27.7 Å². The SMILES string of the molecule is CCC(O)(CC)CNC(=O)c1sc(CC(C)C)nc1C. The second-order valence-corrected chi connectivity index (χ2v) is 6.82. The fraction of sp³-hybridized carbons (Fsp3) is 0.733. The largest absolute Gasteiger partial charge is 0.388 e. The molecule has 1 rings (SSSR count). The first-order chi connectivity index (χ1) is 9.31. The Balaban J connectivity index is 2.70. The topological polar surface area (TPSA) is 62.2 Å². The van der Waals surface area contributed by atoms with Gasteiger partial charge in [0.2, 0.25) is 0 Å². The zero-order valence-corrected chi connectivity index (χ0v) is 13.9. The molecule has 5 heteroatoms. The molecule has 114 valence electrons. The van der Waals surface area contributed by atoms with Crippen LogP contribution in [0.1, 0.15) is 60.9 Å². The molecule has 0 radical (unpaired) electrons. The highest BCUT2D eigenvalue weighted by atomic mass is 32.1. The van der Waals surface area contributed by atoms with Crippen molar-refractivity contribution in [2.45, 2.75) is 59.5 Å². The van der Waals surface area contributed by atoms with Gasteiger partial charge in [0.1, 0.15) is 4.88 Å². The van der Waals surface area contributed by atoms with Crippen LogP contribution >= 0.6 is 11.3 Å². The van der Waals surface area contributed by atoms with E-state index in [1.807, 2.05) is 20.8 Å². The lowest BCUT2D eigenvalue weighted by molar-refractivity contribution is 0.0314. The maximum absolute atomic E-state index is 12.2. The van der Waals surface area contributed by atoms with Crippen LogP contribution in [-0.4, -0.2) is 28.1 Å². The van der Waals surface area contributed by atoms with Gasteiger partial charge in [-0.3, -0.25) is 4.79 Å². The van der Waals surface area contributed by atoms with Crippen LogP contribution < -0.4 is 5.32 Å². The molecule has 0 aliphatic rings. The molecule has 20 heavy (non-hydrogen) atoms. The van der Waals surface area contributed by atoms with Crippen molar-refractivity contribution in [3.8, 4) is 0 Å². The van der Waals surface area contributed by atoms with Crippen molar-refractivity contribution in [1.82, 2.24) is 10.3 Å². The van der Waals surface area contributed by atoms with Crippen LogP contribution in [0.15, 0.2) is 0 Å². The fourth-order valence-electron chi connectivity index (χ4n) is 1.92. The Hall–Kier alpha value is -0.940. The number of carbonyl (C=O) groups excluding carboxylic acids is 1. The maximum atomic E-state index is 12.2. The molecule has 0 aliphatic heterocycles. The van der Waals surface area contributed by atoms with Crippen molar-refractivity contribution in [2.75, 3.05) is 6.54 Å². The van der Waals surface area contributed by atoms with Crippen molar-refractivity contribution in [3.63, 3.8) is 0 Å². The van der Waals surface area contributed by atoms with Gasteiger partial charge in [-0.25, -0.2) is 4.98 Å². The highest BCUT2D eigenvalue weighted by molar-refractivity contribution is 7.13. The van der Waals surface area contributed by atoms with Gasteiger partial charge in [-0.05, 0) is 25.7 Å². The van der Waals surface area contributed by atoms with Gasteiger partial charge in [0.15, 0.2) is 0 Å². The fourth-order valence-corrected chi connectivity index (χ4v) is 3.12. The second-order valence-electron chi connectivity index (χ2n) is 5.73. The summed E-state index contributed by atoms with van der Waals surface area (Å²) in [6.07, 6.45) is 2.15. The minimum Gasteiger partial charge on any atom is -0.388 e. The van der Waals surface area contributed by atoms with Crippen LogP contribution in [0, 0.1) is 12.8 Å². The number of aromatic nitrogens is 1. The maximum Gasteiger partial charge on any atom is 0.263 e. The molecule has 0 bridgehead atoms. The highest BCUT2D eigenvalue weighted by Gasteiger charge is 2.24. The molecule has 2 N–H and O–H groups in total. The van der Waals surface area contributed by atoms with Gasteiger partial charge in [-0.15, -0.1) is 11.3 Å². The van der Waals surface area contributed by atoms with E-state index < -0.39 is 5.60 Å². The third-order valence-corrected chi connectivity index (χ3v) is 4.70. The molecule has 0 atom stereocenters. The van der Waals surface area contributed by atoms with E-state index in [4.69, 9.17) is 0 Å². The van der Waals surface area contributed by atoms with E-state index in [2.05, 4.69) is 24.1 Å². The Morgan fingerprint density at radius 3 is 2.50 bits per heavy atom. The molecule has 1 aromatic heterocycles. The summed E-state index contributed by atoms with van der Waals surface area (Å²) in [6, 6.07) is 0. The smallest absolute Gasteiger partial charge is 0.263 e. The number of amides is 1. The number of hydrogen-bond donors (Lipinski definition) is 2. The molecular formula is C15H26N2O2S. The molecular weight excluding hydrogens is 272 g/mol. The summed E-state index contributed by atoms with van der Waals surface area (Å²) < 4.78 is 0. The third-order valence-electron chi connectivity index (χ3n) is 3.52. The van der Waals surface area contributed by atoms with E-state index in [-0.39, 0.29) is 12.5 Å². The van der Waals surface area contributed by atoms with Crippen LogP contribution in [-0.2, 0) is 6.42 Å². The Morgan fingerprint density at radius 2 is 2.00 bits per heavy atom. The Labute approximate surface area is 125 Å². The summed E-state index contributed by atoms with van der Waals surface area (Å²) in [7, 11) is 0. The zero-order valence-electron chi connectivity index (χ0n) is 13.1. The van der Waals surface area contributed by atoms with Gasteiger partial charge in [0.05, 0.1) is 16.3 Å². The van der Waals surface area contributed by atoms with Gasteiger partial charge in [0, 0.05) is 13.0 Å². The Kier molecular flexibility index (Phi) is 6.14. The second kappa shape index (κ2) is 7.18. The normalized spacial score (nSPS) is 11.9. The number of aryl methyl sites for hydroxylation is 1. The van der Waals surface area contributed by atoms with Gasteiger partial charge >= 0.3 is 0 Å². The molecule has 0 fully saturated rings. The molecule has 1 heterocycles. The van der Waals surface area contributed by atoms with E-state index in [0.29, 0.717) is 23.6 Å². The monoisotopic (exact) mass is 298 g/mol. The van der Waals surface area contributed by atoms with Crippen LogP contribution in [0.25, 0.3) is 0 Å². The summed E-state index contributed by atoms with van der Waals surface area (Å²) in [5.74, 6) is 0.400. The van der Waals surface area contributed by atoms with Crippen molar-refractivity contribution < 1.29 is 9.90 Å². The van der Waals surface area contributed by atoms with Crippen molar-refractivity contribution in [1.29, 1.82) is 0 Å². The number of thiazole rings is 1. The van der Waals surface area contributed by atoms with E-state index in [1.54, 1.807) is 0 Å². The van der Waals surface area contributed by atoms with Crippen LogP contribution in [0.4, 0.5) is 0 Å². The number of aliphatic hydroxyl groups is 1. The lowest BCUT2D eigenvalue weighted by Gasteiger charge is -2.25. The molecule has 4 nitrogen and oxygen atoms in total. The van der Waals surface area contributed by atoms with Crippen molar-refractivity contribution >= 4 is 17.2 Å². The minimum atomic E-state index is -0.811. The predicted molar refractivity (Wildman–Crippen MR) is 83.3 cm³/mol. The standard InChI is InChI=1S/C15H26N2O2S/c1-6-15(19,7-2)9-16-14(18)13-11(5)17-12(20-13)8-10(3)4/h10,19H,6-9H2,1-5H3,(H,16,18). The summed E-state index contributed by atoms with van der Waals surface area (Å²) in [5, 5.41) is 14.0. The number of carbonyl (C=O) groups is 1. The average molecular weight is 298 g/mol. The van der Waals surface area contributed by atoms with E-state index in [9.17, 15) is 9.90 Å². The first-order valence-corrected chi connectivity index (χ1v) is 8.09. The quantitative estimate of drug-likeness (QED) is 0.813. The van der Waals surface area contributed by atoms with Crippen molar-refractivity contribution in [3.05, 3.63) is 15.6 Å². The molecule has 0 saturated heterocycles. The predicted octanol–water partition coefficient (Wildman–Crippen LogP) is 2.93. The molecule has 1 amide bonds. The lowest BCUT2D eigenvalue weighted by atomic mass is 9.97. The average Bonchev–Trinajstić information content (AvgIpc) is 2.75. The number of nitrogens with zero attached hydrogens (tertiary/aromatic N) is 1. The van der Waals surface area contributed by atoms with E-state index >= 15 is 0 Å². The Morgan fingerprint density at radius 1 is 1.40 bits per heavy atom. The van der Waals surface area contributed by atoms with Gasteiger partial charge in [-0.2, -0.15) is 0 Å².